The molecule has 1 aliphatic rings. The number of halogens is 2. The molecule has 2 aromatic rings. The zero-order valence-corrected chi connectivity index (χ0v) is 16.8. The number of hydrogen-bond acceptors (Lipinski definition) is 3. The fraction of sp³-hybridized carbons (Fsp3) is 0.364. The average molecular weight is 400 g/mol. The zero-order valence-electron chi connectivity index (χ0n) is 16.0. The van der Waals surface area contributed by atoms with Crippen LogP contribution in [0.1, 0.15) is 36.5 Å². The first-order valence-corrected chi connectivity index (χ1v) is 9.81. The van der Waals surface area contributed by atoms with Gasteiger partial charge < -0.3 is 10.2 Å². The molecule has 1 amide bonds. The van der Waals surface area contributed by atoms with Gasteiger partial charge in [0.15, 0.2) is 0 Å². The second-order valence-corrected chi connectivity index (χ2v) is 7.60. The van der Waals surface area contributed by atoms with Crippen LogP contribution in [0.2, 0.25) is 5.02 Å². The Morgan fingerprint density at radius 3 is 2.79 bits per heavy atom. The summed E-state index contributed by atoms with van der Waals surface area (Å²) in [6.45, 7) is 4.67. The number of carbonyl (C=O) groups excluding carboxylic acids is 1. The molecule has 0 aromatic heterocycles. The average Bonchev–Trinajstić information content (AvgIpc) is 2.94. The first kappa shape index (κ1) is 20.2. The lowest BCUT2D eigenvalue weighted by atomic mass is 9.96. The van der Waals surface area contributed by atoms with Crippen LogP contribution in [0.3, 0.4) is 0 Å². The van der Waals surface area contributed by atoms with E-state index in [1.165, 1.54) is 6.07 Å². The number of carbonyl (C=O) groups is 1. The van der Waals surface area contributed by atoms with Crippen molar-refractivity contribution in [3.05, 3.63) is 63.9 Å². The summed E-state index contributed by atoms with van der Waals surface area (Å²) < 4.78 is 13.8. The molecule has 0 radical (unpaired) electrons. The number of amides is 1. The van der Waals surface area contributed by atoms with Gasteiger partial charge in [-0.15, -0.1) is 0 Å². The summed E-state index contributed by atoms with van der Waals surface area (Å²) >= 11 is 6.14. The summed E-state index contributed by atoms with van der Waals surface area (Å²) in [6, 6.07) is 11.8. The van der Waals surface area contributed by atoms with E-state index in [0.717, 1.165) is 23.2 Å². The maximum absolute atomic E-state index is 13.8. The van der Waals surface area contributed by atoms with Crippen LogP contribution in [-0.2, 0) is 11.2 Å². The minimum absolute atomic E-state index is 0.0811. The molecule has 28 heavy (non-hydrogen) atoms. The first-order valence-electron chi connectivity index (χ1n) is 9.43. The maximum atomic E-state index is 13.8. The molecule has 2 atom stereocenters. The molecule has 6 heteroatoms. The van der Waals surface area contributed by atoms with Gasteiger partial charge >= 0.3 is 0 Å². The van der Waals surface area contributed by atoms with E-state index in [1.54, 1.807) is 30.3 Å². The predicted octanol–water partition coefficient (Wildman–Crippen LogP) is 4.69. The highest BCUT2D eigenvalue weighted by atomic mass is 35.5. The highest BCUT2D eigenvalue weighted by Crippen LogP contribution is 2.29. The Morgan fingerprint density at radius 1 is 1.32 bits per heavy atom. The molecule has 1 saturated heterocycles. The van der Waals surface area contributed by atoms with Gasteiger partial charge in [-0.25, -0.2) is 4.39 Å². The number of nitrogens with one attached hydrogen (secondary N) is 1. The largest absolute Gasteiger partial charge is 0.380 e. The third-order valence-electron chi connectivity index (χ3n) is 5.23. The summed E-state index contributed by atoms with van der Waals surface area (Å²) in [5, 5.41) is 12.8. The maximum Gasteiger partial charge on any atom is 0.225 e. The fourth-order valence-corrected chi connectivity index (χ4v) is 3.99. The number of likely N-dealkylation sites (tertiary alicyclic amines) is 1. The van der Waals surface area contributed by atoms with Crippen LogP contribution in [0.15, 0.2) is 36.4 Å². The standard InChI is InChI=1S/C22H23ClFN3O/c1-3-8-27-21(10-16-9-17(24)6-4-14(16)2)20(12-22(27)28)26-18-7-5-15(13-25)19(23)11-18/h4-7,9,11,20-21,26H,3,8,10,12H2,1-2H3/t20-,21?/m0/s1. The van der Waals surface area contributed by atoms with Crippen molar-refractivity contribution in [1.29, 1.82) is 5.26 Å². The van der Waals surface area contributed by atoms with Crippen molar-refractivity contribution in [2.75, 3.05) is 11.9 Å². The highest BCUT2D eigenvalue weighted by Gasteiger charge is 2.39. The molecule has 1 N–H and O–H groups in total. The predicted molar refractivity (Wildman–Crippen MR) is 109 cm³/mol. The molecule has 0 aliphatic carbocycles. The molecule has 1 heterocycles. The van der Waals surface area contributed by atoms with Crippen LogP contribution < -0.4 is 5.32 Å². The Balaban J connectivity index is 1.87. The summed E-state index contributed by atoms with van der Waals surface area (Å²) in [4.78, 5) is 14.5. The highest BCUT2D eigenvalue weighted by molar-refractivity contribution is 6.32. The Bertz CT molecular complexity index is 924. The van der Waals surface area contributed by atoms with Gasteiger partial charge in [-0.05, 0) is 61.2 Å². The van der Waals surface area contributed by atoms with E-state index in [2.05, 4.69) is 5.32 Å². The number of hydrogen-bond donors (Lipinski definition) is 1. The summed E-state index contributed by atoms with van der Waals surface area (Å²) in [5.41, 5.74) is 3.10. The van der Waals surface area contributed by atoms with E-state index in [9.17, 15) is 9.18 Å². The molecule has 2 aromatic carbocycles. The van der Waals surface area contributed by atoms with Crippen LogP contribution in [0, 0.1) is 24.1 Å². The van der Waals surface area contributed by atoms with Gasteiger partial charge in [0.25, 0.3) is 0 Å². The van der Waals surface area contributed by atoms with Crippen molar-refractivity contribution in [3.8, 4) is 6.07 Å². The van der Waals surface area contributed by atoms with Crippen LogP contribution in [-0.4, -0.2) is 29.4 Å². The lowest BCUT2D eigenvalue weighted by molar-refractivity contribution is -0.128. The van der Waals surface area contributed by atoms with E-state index in [1.807, 2.05) is 24.8 Å². The number of rotatable bonds is 6. The van der Waals surface area contributed by atoms with Crippen molar-refractivity contribution in [2.24, 2.45) is 0 Å². The van der Waals surface area contributed by atoms with Crippen LogP contribution >= 0.6 is 11.6 Å². The molecule has 1 unspecified atom stereocenters. The van der Waals surface area contributed by atoms with Crippen LogP contribution in [0.25, 0.3) is 0 Å². The molecule has 1 aliphatic heterocycles. The Morgan fingerprint density at radius 2 is 2.11 bits per heavy atom. The van der Waals surface area contributed by atoms with Gasteiger partial charge in [-0.1, -0.05) is 24.6 Å². The first-order chi connectivity index (χ1) is 13.4. The molecule has 0 spiro atoms. The summed E-state index contributed by atoms with van der Waals surface area (Å²) in [7, 11) is 0. The number of aryl methyl sites for hydroxylation is 1. The lowest BCUT2D eigenvalue weighted by Crippen LogP contribution is -2.42. The molecular weight excluding hydrogens is 377 g/mol. The quantitative estimate of drug-likeness (QED) is 0.766. The topological polar surface area (TPSA) is 56.1 Å². The van der Waals surface area contributed by atoms with Crippen LogP contribution in [0.5, 0.6) is 0 Å². The fourth-order valence-electron chi connectivity index (χ4n) is 3.77. The van der Waals surface area contributed by atoms with E-state index in [0.29, 0.717) is 30.0 Å². The molecule has 4 nitrogen and oxygen atoms in total. The normalized spacial score (nSPS) is 19.0. The zero-order chi connectivity index (χ0) is 20.3. The van der Waals surface area contributed by atoms with E-state index >= 15 is 0 Å². The molecular formula is C22H23ClFN3O. The van der Waals surface area contributed by atoms with Gasteiger partial charge in [0.1, 0.15) is 11.9 Å². The Labute approximate surface area is 169 Å². The molecule has 3 rings (SSSR count). The SMILES string of the molecule is CCCN1C(=O)C[C@H](Nc2ccc(C#N)c(Cl)c2)C1Cc1cc(F)ccc1C. The number of benzene rings is 2. The monoisotopic (exact) mass is 399 g/mol. The lowest BCUT2D eigenvalue weighted by Gasteiger charge is -2.29. The van der Waals surface area contributed by atoms with Gasteiger partial charge in [0.2, 0.25) is 5.91 Å². The van der Waals surface area contributed by atoms with E-state index in [4.69, 9.17) is 16.9 Å². The second kappa shape index (κ2) is 8.62. The third-order valence-corrected chi connectivity index (χ3v) is 5.54. The number of nitrogens with zero attached hydrogens (tertiary/aromatic N) is 2. The molecule has 1 fully saturated rings. The van der Waals surface area contributed by atoms with Crippen LogP contribution in [0.4, 0.5) is 10.1 Å². The Hall–Kier alpha value is -2.58. The molecule has 0 saturated carbocycles. The smallest absolute Gasteiger partial charge is 0.225 e. The number of anilines is 1. The van der Waals surface area contributed by atoms with Crippen molar-refractivity contribution in [1.82, 2.24) is 4.90 Å². The van der Waals surface area contributed by atoms with E-state index in [-0.39, 0.29) is 23.8 Å². The molecule has 146 valence electrons. The van der Waals surface area contributed by atoms with Crippen molar-refractivity contribution >= 4 is 23.2 Å². The van der Waals surface area contributed by atoms with Crippen molar-refractivity contribution in [3.63, 3.8) is 0 Å². The van der Waals surface area contributed by atoms with Gasteiger partial charge in [0.05, 0.1) is 22.7 Å². The minimum atomic E-state index is -0.268. The minimum Gasteiger partial charge on any atom is -0.380 e. The summed E-state index contributed by atoms with van der Waals surface area (Å²) in [6.07, 6.45) is 1.81. The van der Waals surface area contributed by atoms with Crippen molar-refractivity contribution in [2.45, 2.75) is 45.2 Å². The Kier molecular flexibility index (Phi) is 6.21. The van der Waals surface area contributed by atoms with Gasteiger partial charge in [0, 0.05) is 18.7 Å². The van der Waals surface area contributed by atoms with Gasteiger partial charge in [-0.3, -0.25) is 4.79 Å². The summed E-state index contributed by atoms with van der Waals surface area (Å²) in [5.74, 6) is -0.173. The molecule has 0 bridgehead atoms. The van der Waals surface area contributed by atoms with E-state index < -0.39 is 0 Å². The van der Waals surface area contributed by atoms with Crippen molar-refractivity contribution < 1.29 is 9.18 Å². The number of nitriles is 1. The third kappa shape index (κ3) is 4.28. The second-order valence-electron chi connectivity index (χ2n) is 7.19. The van der Waals surface area contributed by atoms with Gasteiger partial charge in [-0.2, -0.15) is 5.26 Å².